The van der Waals surface area contributed by atoms with Gasteiger partial charge < -0.3 is 21.3 Å². The van der Waals surface area contributed by atoms with Crippen LogP contribution in [0.1, 0.15) is 86.3 Å². The van der Waals surface area contributed by atoms with E-state index >= 15 is 0 Å². The quantitative estimate of drug-likeness (QED) is 0.153. The summed E-state index contributed by atoms with van der Waals surface area (Å²) in [6.07, 6.45) is 5.50. The van der Waals surface area contributed by atoms with Gasteiger partial charge >= 0.3 is 0 Å². The van der Waals surface area contributed by atoms with Gasteiger partial charge in [-0.05, 0) is 104 Å². The molecule has 1 saturated carbocycles. The second-order valence-electron chi connectivity index (χ2n) is 15.9. The molecule has 3 fully saturated rings. The molecular weight excluding hydrogens is 733 g/mol. The molecule has 6 heterocycles. The average molecular weight is 779 g/mol. The smallest absolute Gasteiger partial charge is 0.275 e. The summed E-state index contributed by atoms with van der Waals surface area (Å²) in [5, 5.41) is 13.6. The molecule has 9 rings (SSSR count). The zero-order chi connectivity index (χ0) is 40.1. The summed E-state index contributed by atoms with van der Waals surface area (Å²) in [6, 6.07) is 22.7. The number of hydrogen-bond donors (Lipinski definition) is 4. The number of pyridine rings is 2. The SMILES string of the molecule is Cc1cccc(NC(=O)c2ncc(-c3nn4c(c3C(N)=O)Nc3ccc(N5CCN(C6CC(c7ccc([C@H]8CCC(=O)NC8=O)cc7)C6)CC5)cc3CC4)cc2C)n1. The Balaban J connectivity index is 0.822. The number of amides is 4. The molecule has 0 unspecified atom stereocenters. The van der Waals surface area contributed by atoms with Crippen molar-refractivity contribution in [3.8, 4) is 11.3 Å². The van der Waals surface area contributed by atoms with E-state index in [1.807, 2.05) is 19.1 Å². The number of nitrogens with two attached hydrogens (primary N) is 1. The van der Waals surface area contributed by atoms with E-state index in [1.165, 1.54) is 11.3 Å². The van der Waals surface area contributed by atoms with Gasteiger partial charge in [0.05, 0.1) is 5.92 Å². The number of primary amides is 1. The van der Waals surface area contributed by atoms with Gasteiger partial charge in [0.2, 0.25) is 11.8 Å². The van der Waals surface area contributed by atoms with Gasteiger partial charge in [0, 0.05) is 74.0 Å². The first-order valence-corrected chi connectivity index (χ1v) is 20.0. The van der Waals surface area contributed by atoms with E-state index in [9.17, 15) is 19.2 Å². The monoisotopic (exact) mass is 778 g/mol. The van der Waals surface area contributed by atoms with Gasteiger partial charge in [-0.25, -0.2) is 9.67 Å². The number of aryl methyl sites for hydroxylation is 4. The van der Waals surface area contributed by atoms with Crippen molar-refractivity contribution in [1.82, 2.24) is 30.0 Å². The zero-order valence-electron chi connectivity index (χ0n) is 32.6. The minimum atomic E-state index is -0.604. The Morgan fingerprint density at radius 3 is 2.38 bits per heavy atom. The fraction of sp³-hybridized carbons (Fsp3) is 0.341. The highest BCUT2D eigenvalue weighted by atomic mass is 16.2. The molecule has 58 heavy (non-hydrogen) atoms. The normalized spacial score (nSPS) is 20.5. The summed E-state index contributed by atoms with van der Waals surface area (Å²) >= 11 is 0. The Labute approximate surface area is 336 Å². The highest BCUT2D eigenvalue weighted by Gasteiger charge is 2.36. The van der Waals surface area contributed by atoms with Crippen LogP contribution in [-0.4, -0.2) is 80.5 Å². The van der Waals surface area contributed by atoms with E-state index in [1.54, 1.807) is 29.9 Å². The molecular formula is C44H46N10O4. The summed E-state index contributed by atoms with van der Waals surface area (Å²) in [7, 11) is 0. The summed E-state index contributed by atoms with van der Waals surface area (Å²) in [6.45, 7) is 8.10. The van der Waals surface area contributed by atoms with E-state index in [2.05, 4.69) is 78.2 Å². The predicted molar refractivity (Wildman–Crippen MR) is 220 cm³/mol. The van der Waals surface area contributed by atoms with E-state index < -0.39 is 5.91 Å². The average Bonchev–Trinajstić information content (AvgIpc) is 3.46. The van der Waals surface area contributed by atoms with Crippen LogP contribution >= 0.6 is 0 Å². The highest BCUT2D eigenvalue weighted by Crippen LogP contribution is 2.41. The third-order valence-electron chi connectivity index (χ3n) is 12.2. The zero-order valence-corrected chi connectivity index (χ0v) is 32.6. The summed E-state index contributed by atoms with van der Waals surface area (Å²) in [5.41, 5.74) is 14.5. The summed E-state index contributed by atoms with van der Waals surface area (Å²) < 4.78 is 1.80. The van der Waals surface area contributed by atoms with Gasteiger partial charge in [0.25, 0.3) is 11.8 Å². The van der Waals surface area contributed by atoms with Crippen LogP contribution < -0.4 is 26.6 Å². The van der Waals surface area contributed by atoms with Crippen molar-refractivity contribution in [1.29, 1.82) is 0 Å². The number of piperidine rings is 1. The third-order valence-corrected chi connectivity index (χ3v) is 12.2. The van der Waals surface area contributed by atoms with Crippen LogP contribution in [0.25, 0.3) is 11.3 Å². The van der Waals surface area contributed by atoms with Crippen LogP contribution in [0.5, 0.6) is 0 Å². The van der Waals surface area contributed by atoms with Gasteiger partial charge in [-0.3, -0.25) is 34.4 Å². The molecule has 14 heteroatoms. The summed E-state index contributed by atoms with van der Waals surface area (Å²) in [4.78, 5) is 63.8. The molecule has 296 valence electrons. The molecule has 1 aliphatic carbocycles. The first kappa shape index (κ1) is 37.2. The molecule has 3 aliphatic heterocycles. The van der Waals surface area contributed by atoms with Gasteiger partial charge in [0.1, 0.15) is 28.6 Å². The number of carbonyl (C=O) groups is 4. The lowest BCUT2D eigenvalue weighted by Crippen LogP contribution is -2.53. The van der Waals surface area contributed by atoms with E-state index in [0.29, 0.717) is 66.2 Å². The summed E-state index contributed by atoms with van der Waals surface area (Å²) in [5.74, 6) is -0.0917. The molecule has 5 N–H and O–H groups in total. The number of carbonyl (C=O) groups excluding carboxylic acids is 4. The first-order chi connectivity index (χ1) is 28.1. The largest absolute Gasteiger partial charge is 0.369 e. The molecule has 1 atom stereocenters. The standard InChI is InChI=1S/C44H46N10O4/c1-25-20-31(24-46-39(25)44(58)49-36-5-3-4-26(2)47-36)40-38(41(45)56)42-48-35-12-10-32(21-29(35)14-15-54(42)51-40)52-16-18-53(19-17-52)33-22-30(23-33)27-6-8-28(9-7-27)34-11-13-37(55)50-43(34)57/h3-10,12,20-21,24,30,33-34,48H,11,13-19,22-23H2,1-2H3,(H2,45,56)(H,47,49,58)(H,50,55,57)/t30?,33?,34-/m1/s1. The van der Waals surface area contributed by atoms with Crippen molar-refractivity contribution >= 4 is 46.6 Å². The van der Waals surface area contributed by atoms with Gasteiger partial charge in [-0.1, -0.05) is 30.3 Å². The number of aromatic nitrogens is 4. The van der Waals surface area contributed by atoms with Crippen LogP contribution in [0.3, 0.4) is 0 Å². The minimum absolute atomic E-state index is 0.184. The van der Waals surface area contributed by atoms with E-state index in [4.69, 9.17) is 10.8 Å². The maximum atomic E-state index is 13.0. The third kappa shape index (κ3) is 7.19. The van der Waals surface area contributed by atoms with Crippen LogP contribution in [0.15, 0.2) is 72.9 Å². The van der Waals surface area contributed by atoms with Crippen LogP contribution in [0, 0.1) is 13.8 Å². The number of anilines is 4. The number of rotatable bonds is 8. The van der Waals surface area contributed by atoms with Gasteiger partial charge in [0.15, 0.2) is 0 Å². The number of piperazine rings is 1. The first-order valence-electron chi connectivity index (χ1n) is 20.0. The molecule has 2 aromatic carbocycles. The van der Waals surface area contributed by atoms with Crippen LogP contribution in [-0.2, 0) is 22.6 Å². The fourth-order valence-electron chi connectivity index (χ4n) is 8.89. The lowest BCUT2D eigenvalue weighted by atomic mass is 9.74. The topological polar surface area (TPSA) is 180 Å². The molecule has 14 nitrogen and oxygen atoms in total. The lowest BCUT2D eigenvalue weighted by molar-refractivity contribution is -0.134. The number of nitrogens with zero attached hydrogens (tertiary/aromatic N) is 6. The Kier molecular flexibility index (Phi) is 9.72. The van der Waals surface area contributed by atoms with Crippen LogP contribution in [0.2, 0.25) is 0 Å². The number of nitrogens with one attached hydrogen (secondary N) is 3. The van der Waals surface area contributed by atoms with E-state index in [0.717, 1.165) is 61.5 Å². The van der Waals surface area contributed by atoms with Gasteiger partial charge in [-0.2, -0.15) is 5.10 Å². The molecule has 5 aromatic rings. The highest BCUT2D eigenvalue weighted by molar-refractivity contribution is 6.06. The van der Waals surface area contributed by atoms with Crippen molar-refractivity contribution in [2.45, 2.75) is 70.4 Å². The van der Waals surface area contributed by atoms with E-state index in [-0.39, 0.29) is 34.9 Å². The predicted octanol–water partition coefficient (Wildman–Crippen LogP) is 5.20. The molecule has 3 aromatic heterocycles. The number of hydrogen-bond acceptors (Lipinski definition) is 10. The van der Waals surface area contributed by atoms with Crippen LogP contribution in [0.4, 0.5) is 23.0 Å². The Morgan fingerprint density at radius 2 is 1.66 bits per heavy atom. The van der Waals surface area contributed by atoms with Crippen molar-refractivity contribution in [2.24, 2.45) is 5.73 Å². The maximum Gasteiger partial charge on any atom is 0.275 e. The molecule has 4 aliphatic rings. The fourth-order valence-corrected chi connectivity index (χ4v) is 8.89. The minimum Gasteiger partial charge on any atom is -0.369 e. The van der Waals surface area contributed by atoms with Gasteiger partial charge in [-0.15, -0.1) is 0 Å². The molecule has 0 bridgehead atoms. The van der Waals surface area contributed by atoms with Crippen molar-refractivity contribution < 1.29 is 19.2 Å². The van der Waals surface area contributed by atoms with Crippen molar-refractivity contribution in [3.63, 3.8) is 0 Å². The Bertz CT molecular complexity index is 2450. The molecule has 2 saturated heterocycles. The molecule has 0 spiro atoms. The van der Waals surface area contributed by atoms with Crippen molar-refractivity contribution in [2.75, 3.05) is 41.7 Å². The van der Waals surface area contributed by atoms with Crippen molar-refractivity contribution in [3.05, 3.63) is 112 Å². The second-order valence-corrected chi connectivity index (χ2v) is 15.9. The lowest BCUT2D eigenvalue weighted by Gasteiger charge is -2.47. The molecule has 4 amide bonds. The number of imide groups is 1. The Hall–Kier alpha value is -6.41. The number of benzene rings is 2. The Morgan fingerprint density at radius 1 is 0.879 bits per heavy atom. The second kappa shape index (κ2) is 15.2. The maximum absolute atomic E-state index is 13.0. The number of fused-ring (bicyclic) bond motifs is 2. The molecule has 0 radical (unpaired) electrons.